The molecule has 1 unspecified atom stereocenters. The topological polar surface area (TPSA) is 49.8 Å². The van der Waals surface area contributed by atoms with Gasteiger partial charge in [-0.05, 0) is 24.6 Å². The van der Waals surface area contributed by atoms with Crippen molar-refractivity contribution in [2.75, 3.05) is 31.8 Å². The molecule has 0 amide bonds. The van der Waals surface area contributed by atoms with Crippen LogP contribution >= 0.6 is 0 Å². The smallest absolute Gasteiger partial charge is 0.416 e. The van der Waals surface area contributed by atoms with Crippen LogP contribution in [0.2, 0.25) is 0 Å². The molecule has 1 fully saturated rings. The highest BCUT2D eigenvalue weighted by Gasteiger charge is 2.33. The van der Waals surface area contributed by atoms with Gasteiger partial charge in [0.05, 0.1) is 18.8 Å². The van der Waals surface area contributed by atoms with Crippen molar-refractivity contribution in [1.29, 1.82) is 0 Å². The number of aliphatic carboxylic acids is 1. The van der Waals surface area contributed by atoms with Gasteiger partial charge in [-0.1, -0.05) is 0 Å². The number of halogens is 6. The van der Waals surface area contributed by atoms with Crippen molar-refractivity contribution in [3.8, 4) is 0 Å². The van der Waals surface area contributed by atoms with Crippen molar-refractivity contribution in [3.05, 3.63) is 29.3 Å². The van der Waals surface area contributed by atoms with Crippen LogP contribution in [0.4, 0.5) is 32.0 Å². The summed E-state index contributed by atoms with van der Waals surface area (Å²) in [6.07, 6.45) is -7.79. The highest BCUT2D eigenvalue weighted by molar-refractivity contribution is 5.68. The molecule has 0 spiro atoms. The number of benzene rings is 1. The van der Waals surface area contributed by atoms with Crippen LogP contribution in [-0.4, -0.2) is 44.1 Å². The van der Waals surface area contributed by atoms with Crippen LogP contribution in [0.25, 0.3) is 0 Å². The van der Waals surface area contributed by atoms with E-state index in [0.717, 1.165) is 12.1 Å². The summed E-state index contributed by atoms with van der Waals surface area (Å²) < 4.78 is 78.7. The Morgan fingerprint density at radius 1 is 1.32 bits per heavy atom. The first kappa shape index (κ1) is 21.1. The minimum Gasteiger partial charge on any atom is -0.480 e. The number of carboxylic acids is 1. The van der Waals surface area contributed by atoms with Crippen LogP contribution in [-0.2, 0) is 15.7 Å². The van der Waals surface area contributed by atoms with Crippen molar-refractivity contribution in [3.63, 3.8) is 0 Å². The first-order valence-electron chi connectivity index (χ1n) is 7.13. The van der Waals surface area contributed by atoms with Crippen molar-refractivity contribution >= 4 is 11.7 Å². The molecule has 1 atom stereocenters. The Bertz CT molecular complexity index is 579. The van der Waals surface area contributed by atoms with Gasteiger partial charge in [0.15, 0.2) is 0 Å². The van der Waals surface area contributed by atoms with Crippen molar-refractivity contribution < 1.29 is 41.0 Å². The van der Waals surface area contributed by atoms with E-state index >= 15 is 0 Å². The quantitative estimate of drug-likeness (QED) is 0.796. The SMILES string of the molecule is CF.O=C(O)COC1CCN(c2cc(C(F)F)cc(C(F)(F)F)c2)C1. The molecular weight excluding hydrogens is 356 g/mol. The number of anilines is 1. The van der Waals surface area contributed by atoms with Crippen molar-refractivity contribution in [2.24, 2.45) is 0 Å². The number of hydrogen-bond acceptors (Lipinski definition) is 3. The summed E-state index contributed by atoms with van der Waals surface area (Å²) in [5, 5.41) is 8.53. The number of nitrogens with zero attached hydrogens (tertiary/aromatic N) is 1. The second kappa shape index (κ2) is 8.93. The maximum atomic E-state index is 12.8. The Balaban J connectivity index is 0.00000151. The highest BCUT2D eigenvalue weighted by Crippen LogP contribution is 2.36. The molecule has 1 aromatic carbocycles. The van der Waals surface area contributed by atoms with Gasteiger partial charge in [0.25, 0.3) is 6.43 Å². The van der Waals surface area contributed by atoms with Crippen molar-refractivity contribution in [2.45, 2.75) is 25.1 Å². The Labute approximate surface area is 140 Å². The minimum atomic E-state index is -4.72. The van der Waals surface area contributed by atoms with Gasteiger partial charge in [0.2, 0.25) is 0 Å². The van der Waals surface area contributed by atoms with Crippen molar-refractivity contribution in [1.82, 2.24) is 0 Å². The Morgan fingerprint density at radius 3 is 2.48 bits per heavy atom. The van der Waals surface area contributed by atoms with E-state index < -0.39 is 42.4 Å². The van der Waals surface area contributed by atoms with E-state index in [1.54, 1.807) is 0 Å². The third-order valence-electron chi connectivity index (χ3n) is 3.47. The molecule has 1 aromatic rings. The van der Waals surface area contributed by atoms with E-state index in [9.17, 15) is 31.1 Å². The Morgan fingerprint density at radius 2 is 1.96 bits per heavy atom. The fraction of sp³-hybridized carbons (Fsp3) is 0.533. The monoisotopic (exact) mass is 373 g/mol. The molecule has 0 saturated carbocycles. The zero-order valence-electron chi connectivity index (χ0n) is 13.2. The van der Waals surface area contributed by atoms with Gasteiger partial charge < -0.3 is 14.7 Å². The van der Waals surface area contributed by atoms with Crippen LogP contribution in [0.3, 0.4) is 0 Å². The van der Waals surface area contributed by atoms with E-state index in [0.29, 0.717) is 26.2 Å². The minimum absolute atomic E-state index is 0.0246. The van der Waals surface area contributed by atoms with E-state index in [1.807, 2.05) is 0 Å². The van der Waals surface area contributed by atoms with Gasteiger partial charge in [-0.3, -0.25) is 4.39 Å². The van der Waals surface area contributed by atoms with Crippen LogP contribution < -0.4 is 4.90 Å². The molecule has 0 bridgehead atoms. The fourth-order valence-electron chi connectivity index (χ4n) is 2.39. The molecule has 0 radical (unpaired) electrons. The van der Waals surface area contributed by atoms with E-state index in [4.69, 9.17) is 9.84 Å². The lowest BCUT2D eigenvalue weighted by atomic mass is 10.1. The first-order valence-corrected chi connectivity index (χ1v) is 7.13. The molecule has 142 valence electrons. The zero-order chi connectivity index (χ0) is 19.2. The highest BCUT2D eigenvalue weighted by atomic mass is 19.4. The summed E-state index contributed by atoms with van der Waals surface area (Å²) in [5.41, 5.74) is -1.82. The normalized spacial score (nSPS) is 17.4. The van der Waals surface area contributed by atoms with Gasteiger partial charge >= 0.3 is 12.1 Å². The summed E-state index contributed by atoms with van der Waals surface area (Å²) in [6.45, 7) is -0.0606. The number of carboxylic acid groups (broad SMARTS) is 1. The van der Waals surface area contributed by atoms with Gasteiger partial charge in [0.1, 0.15) is 6.61 Å². The predicted molar refractivity (Wildman–Crippen MR) is 77.6 cm³/mol. The van der Waals surface area contributed by atoms with Gasteiger partial charge in [-0.15, -0.1) is 0 Å². The summed E-state index contributed by atoms with van der Waals surface area (Å²) in [5.74, 6) is -1.15. The number of hydrogen-bond donors (Lipinski definition) is 1. The van der Waals surface area contributed by atoms with Gasteiger partial charge in [0, 0.05) is 24.3 Å². The largest absolute Gasteiger partial charge is 0.480 e. The standard InChI is InChI=1S/C14H14F5NO3.CH3F/c15-13(16)8-3-9(14(17,18)19)5-10(4-8)20-2-1-11(6-20)23-7-12(21)22;1-2/h3-5,11,13H,1-2,6-7H2,(H,21,22);1H3. The molecule has 1 aliphatic heterocycles. The maximum absolute atomic E-state index is 12.8. The number of ether oxygens (including phenoxy) is 1. The molecule has 2 rings (SSSR count). The number of carbonyl (C=O) groups is 1. The molecular formula is C15H17F6NO3. The molecule has 0 aromatic heterocycles. The van der Waals surface area contributed by atoms with Gasteiger partial charge in [-0.25, -0.2) is 13.6 Å². The Kier molecular flexibility index (Phi) is 7.53. The van der Waals surface area contributed by atoms with Crippen LogP contribution in [0.5, 0.6) is 0 Å². The van der Waals surface area contributed by atoms with Crippen LogP contribution in [0.1, 0.15) is 24.0 Å². The third kappa shape index (κ3) is 6.11. The zero-order valence-corrected chi connectivity index (χ0v) is 13.2. The Hall–Kier alpha value is -1.97. The lowest BCUT2D eigenvalue weighted by Crippen LogP contribution is -2.25. The summed E-state index contributed by atoms with van der Waals surface area (Å²) in [6, 6.07) is 2.26. The lowest BCUT2D eigenvalue weighted by molar-refractivity contribution is -0.144. The maximum Gasteiger partial charge on any atom is 0.416 e. The molecule has 1 heterocycles. The number of rotatable bonds is 5. The van der Waals surface area contributed by atoms with Gasteiger partial charge in [-0.2, -0.15) is 13.2 Å². The summed E-state index contributed by atoms with van der Waals surface area (Å²) in [7, 11) is 0.500. The lowest BCUT2D eigenvalue weighted by Gasteiger charge is -2.21. The second-order valence-electron chi connectivity index (χ2n) is 5.17. The van der Waals surface area contributed by atoms with E-state index in [2.05, 4.69) is 0 Å². The van der Waals surface area contributed by atoms with E-state index in [-0.39, 0.29) is 12.2 Å². The van der Waals surface area contributed by atoms with Crippen LogP contribution in [0.15, 0.2) is 18.2 Å². The third-order valence-corrected chi connectivity index (χ3v) is 3.47. The van der Waals surface area contributed by atoms with Crippen LogP contribution in [0, 0.1) is 0 Å². The molecule has 1 aliphatic rings. The molecule has 1 N–H and O–H groups in total. The fourth-order valence-corrected chi connectivity index (χ4v) is 2.39. The molecule has 0 aliphatic carbocycles. The van der Waals surface area contributed by atoms with E-state index in [1.165, 1.54) is 4.90 Å². The average Bonchev–Trinajstić information content (AvgIpc) is 3.02. The average molecular weight is 373 g/mol. The second-order valence-corrected chi connectivity index (χ2v) is 5.17. The molecule has 25 heavy (non-hydrogen) atoms. The first-order chi connectivity index (χ1) is 11.7. The predicted octanol–water partition coefficient (Wildman–Crippen LogP) is 3.91. The molecule has 4 nitrogen and oxygen atoms in total. The number of alkyl halides is 6. The molecule has 1 saturated heterocycles. The summed E-state index contributed by atoms with van der Waals surface area (Å²) >= 11 is 0. The summed E-state index contributed by atoms with van der Waals surface area (Å²) in [4.78, 5) is 11.9. The molecule has 10 heteroatoms.